The Hall–Kier alpha value is -3.28. The zero-order valence-electron chi connectivity index (χ0n) is 18.2. The van der Waals surface area contributed by atoms with E-state index in [1.54, 1.807) is 6.92 Å². The Morgan fingerprint density at radius 3 is 2.16 bits per heavy atom. The van der Waals surface area contributed by atoms with E-state index < -0.39 is 29.6 Å². The predicted molar refractivity (Wildman–Crippen MR) is 117 cm³/mol. The molecule has 0 fully saturated rings. The molecule has 7 heteroatoms. The Balaban J connectivity index is 1.72. The molecule has 2 atom stereocenters. The van der Waals surface area contributed by atoms with Gasteiger partial charge in [-0.15, -0.1) is 0 Å². The fraction of sp³-hybridized carbons (Fsp3) is 0.375. The molecule has 0 saturated heterocycles. The van der Waals surface area contributed by atoms with E-state index in [0.717, 1.165) is 28.5 Å². The van der Waals surface area contributed by atoms with Crippen LogP contribution in [0.25, 0.3) is 16.7 Å². The molecule has 0 saturated carbocycles. The summed E-state index contributed by atoms with van der Waals surface area (Å²) < 4.78 is 11.3. The number of hydrogen-bond donors (Lipinski definition) is 1. The Labute approximate surface area is 182 Å². The number of fused-ring (bicyclic) bond motifs is 3. The highest BCUT2D eigenvalue weighted by molar-refractivity contribution is 6.28. The molecule has 0 radical (unpaired) electrons. The number of Topliss-reactive ketones (excluding diaryl/α,β-unsaturated/α-hetero) is 1. The van der Waals surface area contributed by atoms with E-state index in [0.29, 0.717) is 0 Å². The van der Waals surface area contributed by atoms with Gasteiger partial charge in [-0.25, -0.2) is 4.79 Å². The second-order valence-electron chi connectivity index (χ2n) is 8.53. The van der Waals surface area contributed by atoms with E-state index in [2.05, 4.69) is 22.2 Å². The second kappa shape index (κ2) is 9.25. The van der Waals surface area contributed by atoms with Crippen molar-refractivity contribution in [1.82, 2.24) is 5.32 Å². The minimum Gasteiger partial charge on any atom is -0.449 e. The van der Waals surface area contributed by atoms with Crippen molar-refractivity contribution in [2.24, 2.45) is 0 Å². The van der Waals surface area contributed by atoms with E-state index in [1.165, 1.54) is 0 Å². The molecule has 1 aliphatic carbocycles. The van der Waals surface area contributed by atoms with Gasteiger partial charge in [0.1, 0.15) is 12.6 Å². The van der Waals surface area contributed by atoms with Crippen molar-refractivity contribution in [3.63, 3.8) is 0 Å². The maximum absolute atomic E-state index is 12.6. The molecule has 1 aliphatic rings. The molecule has 3 rings (SSSR count). The van der Waals surface area contributed by atoms with Crippen LogP contribution in [0.1, 0.15) is 44.7 Å². The molecule has 2 aromatic rings. The Morgan fingerprint density at radius 2 is 1.65 bits per heavy atom. The smallest absolute Gasteiger partial charge is 0.407 e. The van der Waals surface area contributed by atoms with E-state index >= 15 is 0 Å². The van der Waals surface area contributed by atoms with E-state index in [-0.39, 0.29) is 12.5 Å². The normalized spacial score (nSPS) is 14.6. The number of ketones is 1. The number of amides is 1. The van der Waals surface area contributed by atoms with Crippen LogP contribution >= 0.6 is 0 Å². The van der Waals surface area contributed by atoms with E-state index in [1.807, 2.05) is 57.2 Å². The Bertz CT molecular complexity index is 976. The lowest BCUT2D eigenvalue weighted by atomic mass is 9.98. The summed E-state index contributed by atoms with van der Waals surface area (Å²) in [5.41, 5.74) is 12.7. The minimum atomic E-state index is -1.05. The number of nitrogens with one attached hydrogen (secondary N) is 1. The number of carbonyl (C=O) groups excluding carboxylic acids is 2. The van der Waals surface area contributed by atoms with Gasteiger partial charge in [0.2, 0.25) is 0 Å². The van der Waals surface area contributed by atoms with Crippen molar-refractivity contribution in [2.45, 2.75) is 51.4 Å². The lowest BCUT2D eigenvalue weighted by Crippen LogP contribution is -2.51. The van der Waals surface area contributed by atoms with Crippen molar-refractivity contribution < 1.29 is 23.9 Å². The monoisotopic (exact) mass is 421 g/mol. The molecule has 0 aromatic heterocycles. The standard InChI is InChI=1S/C24H27N3O4/c1-15(31-24(2,3)4)22(21(28)13-26-25)27-23(29)30-14-20-18-11-7-5-9-16(18)17-10-6-8-12-19(17)20/h5-13,15,20,22H,14H2,1-4H3,(H,27,29)/t15-,22+/m0/s1. The number of carbonyl (C=O) groups is 2. The van der Waals surface area contributed by atoms with E-state index in [4.69, 9.17) is 15.0 Å². The first-order chi connectivity index (χ1) is 14.7. The van der Waals surface area contributed by atoms with Gasteiger partial charge in [0.25, 0.3) is 5.78 Å². The first-order valence-electron chi connectivity index (χ1n) is 10.2. The summed E-state index contributed by atoms with van der Waals surface area (Å²) in [7, 11) is 0. The molecule has 0 bridgehead atoms. The van der Waals surface area contributed by atoms with Crippen LogP contribution in [0.5, 0.6) is 0 Å². The molecule has 0 unspecified atom stereocenters. The van der Waals surface area contributed by atoms with Crippen molar-refractivity contribution >= 4 is 18.1 Å². The van der Waals surface area contributed by atoms with Crippen LogP contribution in [-0.2, 0) is 14.3 Å². The summed E-state index contributed by atoms with van der Waals surface area (Å²) in [5, 5.41) is 2.56. The predicted octanol–water partition coefficient (Wildman–Crippen LogP) is 3.97. The summed E-state index contributed by atoms with van der Waals surface area (Å²) in [6.45, 7) is 7.33. The van der Waals surface area contributed by atoms with Crippen LogP contribution in [0.2, 0.25) is 0 Å². The van der Waals surface area contributed by atoms with Crippen LogP contribution in [0.3, 0.4) is 0 Å². The van der Waals surface area contributed by atoms with Crippen LogP contribution in [0, 0.1) is 0 Å². The third-order valence-corrected chi connectivity index (χ3v) is 5.12. The molecule has 1 amide bonds. The number of benzene rings is 2. The van der Waals surface area contributed by atoms with Gasteiger partial charge in [-0.05, 0) is 49.9 Å². The third-order valence-electron chi connectivity index (χ3n) is 5.12. The van der Waals surface area contributed by atoms with Gasteiger partial charge in [0.05, 0.1) is 11.7 Å². The summed E-state index contributed by atoms with van der Waals surface area (Å²) >= 11 is 0. The van der Waals surface area contributed by atoms with Gasteiger partial charge in [-0.3, -0.25) is 4.79 Å². The molecular weight excluding hydrogens is 394 g/mol. The van der Waals surface area contributed by atoms with Gasteiger partial charge in [0, 0.05) is 5.92 Å². The summed E-state index contributed by atoms with van der Waals surface area (Å²) in [6, 6.07) is 15.0. The van der Waals surface area contributed by atoms with Crippen molar-refractivity contribution in [3.05, 3.63) is 65.2 Å². The highest BCUT2D eigenvalue weighted by Gasteiger charge is 2.33. The summed E-state index contributed by atoms with van der Waals surface area (Å²) in [4.78, 5) is 27.7. The molecule has 0 heterocycles. The van der Waals surface area contributed by atoms with Gasteiger partial charge in [0.15, 0.2) is 0 Å². The van der Waals surface area contributed by atoms with Crippen molar-refractivity contribution in [1.29, 1.82) is 0 Å². The second-order valence-corrected chi connectivity index (χ2v) is 8.53. The molecule has 2 aromatic carbocycles. The Kier molecular flexibility index (Phi) is 6.68. The number of nitrogens with zero attached hydrogens (tertiary/aromatic N) is 2. The van der Waals surface area contributed by atoms with Crippen LogP contribution in [-0.4, -0.2) is 47.2 Å². The molecule has 31 heavy (non-hydrogen) atoms. The minimum absolute atomic E-state index is 0.0884. The third kappa shape index (κ3) is 5.26. The van der Waals surface area contributed by atoms with Crippen LogP contribution in [0.4, 0.5) is 4.79 Å². The lowest BCUT2D eigenvalue weighted by molar-refractivity contribution is -0.125. The largest absolute Gasteiger partial charge is 0.449 e. The summed E-state index contributed by atoms with van der Waals surface area (Å²) in [6.07, 6.45) is -0.654. The maximum atomic E-state index is 12.6. The van der Waals surface area contributed by atoms with Crippen LogP contribution < -0.4 is 5.32 Å². The molecule has 0 aliphatic heterocycles. The molecule has 162 valence electrons. The SMILES string of the molecule is C[C@H](OC(C)(C)C)[C@@H](NC(=O)OCC1c2ccccc2-c2ccccc21)C(=O)C=[N+]=[N-]. The fourth-order valence-electron chi connectivity index (χ4n) is 3.95. The number of ether oxygens (including phenoxy) is 2. The van der Waals surface area contributed by atoms with E-state index in [9.17, 15) is 9.59 Å². The average molecular weight is 421 g/mol. The first kappa shape index (κ1) is 22.4. The quantitative estimate of drug-likeness (QED) is 0.415. The zero-order valence-corrected chi connectivity index (χ0v) is 18.2. The average Bonchev–Trinajstić information content (AvgIpc) is 3.03. The fourth-order valence-corrected chi connectivity index (χ4v) is 3.95. The summed E-state index contributed by atoms with van der Waals surface area (Å²) in [5.74, 6) is -0.678. The number of alkyl carbamates (subject to hydrolysis) is 1. The number of rotatable bonds is 7. The van der Waals surface area contributed by atoms with Crippen molar-refractivity contribution in [2.75, 3.05) is 6.61 Å². The highest BCUT2D eigenvalue weighted by atomic mass is 16.6. The van der Waals surface area contributed by atoms with Gasteiger partial charge in [-0.1, -0.05) is 48.5 Å². The van der Waals surface area contributed by atoms with Crippen molar-refractivity contribution in [3.8, 4) is 11.1 Å². The van der Waals surface area contributed by atoms with Gasteiger partial charge in [-0.2, -0.15) is 4.79 Å². The molecule has 7 nitrogen and oxygen atoms in total. The number of hydrogen-bond acceptors (Lipinski definition) is 4. The van der Waals surface area contributed by atoms with Gasteiger partial charge < -0.3 is 20.3 Å². The lowest BCUT2D eigenvalue weighted by Gasteiger charge is -2.29. The Morgan fingerprint density at radius 1 is 1.10 bits per heavy atom. The molecular formula is C24H27N3O4. The zero-order chi connectivity index (χ0) is 22.6. The molecule has 0 spiro atoms. The highest BCUT2D eigenvalue weighted by Crippen LogP contribution is 2.44. The van der Waals surface area contributed by atoms with Crippen LogP contribution in [0.15, 0.2) is 48.5 Å². The maximum Gasteiger partial charge on any atom is 0.407 e. The first-order valence-corrected chi connectivity index (χ1v) is 10.2. The topological polar surface area (TPSA) is 101 Å². The van der Waals surface area contributed by atoms with Gasteiger partial charge >= 0.3 is 12.3 Å². The molecule has 1 N–H and O–H groups in total.